The van der Waals surface area contributed by atoms with Gasteiger partial charge in [-0.25, -0.2) is 9.99 Å². The van der Waals surface area contributed by atoms with Gasteiger partial charge < -0.3 is 0 Å². The van der Waals surface area contributed by atoms with E-state index in [1.165, 1.54) is 17.1 Å². The minimum atomic E-state index is -0.538. The quantitative estimate of drug-likeness (QED) is 0.154. The van der Waals surface area contributed by atoms with Crippen LogP contribution in [0.4, 0.5) is 5.69 Å². The molecule has 0 N–H and O–H groups in total. The Morgan fingerprint density at radius 2 is 1.44 bits per heavy atom. The van der Waals surface area contributed by atoms with E-state index in [1.807, 2.05) is 72.8 Å². The highest BCUT2D eigenvalue weighted by atomic mass is 16.6. The maximum absolute atomic E-state index is 14.0. The lowest BCUT2D eigenvalue weighted by Gasteiger charge is -2.22. The minimum Gasteiger partial charge on any atom is -0.268 e. The van der Waals surface area contributed by atoms with Gasteiger partial charge in [-0.3, -0.25) is 24.3 Å². The number of para-hydroxylation sites is 1. The SMILES string of the molecule is O=C(c1ccc(-n2c(-c3ccccc3)nc3ccccc3c2=O)cc1)N1N=C(c2ccccc2)CC1c1cccc([N+](=O)[O-])c1. The Hall–Kier alpha value is -6.22. The van der Waals surface area contributed by atoms with Crippen LogP contribution in [0.1, 0.15) is 33.9 Å². The number of carbonyl (C=O) groups is 1. The van der Waals surface area contributed by atoms with Crippen molar-refractivity contribution in [2.24, 2.45) is 5.10 Å². The van der Waals surface area contributed by atoms with Crippen molar-refractivity contribution in [2.45, 2.75) is 12.5 Å². The summed E-state index contributed by atoms with van der Waals surface area (Å²) in [6, 6.07) is 38.8. The van der Waals surface area contributed by atoms with E-state index in [0.29, 0.717) is 45.7 Å². The van der Waals surface area contributed by atoms with E-state index in [1.54, 1.807) is 53.1 Å². The standard InChI is InChI=1S/C36H25N5O4/c42-35(40-33(27-14-9-15-29(22-27)41(44)45)23-32(38-40)24-10-3-1-4-11-24)26-18-20-28(21-19-26)39-34(25-12-5-2-6-13-25)37-31-17-8-7-16-30(31)36(39)43/h1-22,33H,23H2. The molecule has 1 amide bonds. The lowest BCUT2D eigenvalue weighted by Crippen LogP contribution is -2.27. The molecule has 0 fully saturated rings. The van der Waals surface area contributed by atoms with Crippen LogP contribution in [0.25, 0.3) is 28.0 Å². The van der Waals surface area contributed by atoms with E-state index in [4.69, 9.17) is 10.1 Å². The van der Waals surface area contributed by atoms with Crippen molar-refractivity contribution in [3.05, 3.63) is 171 Å². The predicted octanol–water partition coefficient (Wildman–Crippen LogP) is 6.95. The summed E-state index contributed by atoms with van der Waals surface area (Å²) in [6.45, 7) is 0. The van der Waals surface area contributed by atoms with Crippen molar-refractivity contribution in [1.29, 1.82) is 0 Å². The molecule has 218 valence electrons. The summed E-state index contributed by atoms with van der Waals surface area (Å²) >= 11 is 0. The monoisotopic (exact) mass is 591 g/mol. The third-order valence-corrected chi connectivity index (χ3v) is 7.87. The van der Waals surface area contributed by atoms with Gasteiger partial charge in [0.05, 0.1) is 33.3 Å². The van der Waals surface area contributed by atoms with Gasteiger partial charge in [0.1, 0.15) is 5.82 Å². The first-order valence-electron chi connectivity index (χ1n) is 14.4. The van der Waals surface area contributed by atoms with Crippen molar-refractivity contribution in [1.82, 2.24) is 14.6 Å². The van der Waals surface area contributed by atoms with Crippen molar-refractivity contribution < 1.29 is 9.72 Å². The molecule has 5 aromatic carbocycles. The Bertz CT molecular complexity index is 2160. The van der Waals surface area contributed by atoms with E-state index in [0.717, 1.165) is 11.1 Å². The maximum Gasteiger partial charge on any atom is 0.274 e. The van der Waals surface area contributed by atoms with Gasteiger partial charge in [0, 0.05) is 29.7 Å². The molecule has 0 saturated heterocycles. The van der Waals surface area contributed by atoms with Gasteiger partial charge in [0.2, 0.25) is 0 Å². The van der Waals surface area contributed by atoms with Crippen LogP contribution in [-0.4, -0.2) is 31.1 Å². The third-order valence-electron chi connectivity index (χ3n) is 7.87. The molecule has 1 aromatic heterocycles. The molecule has 2 heterocycles. The summed E-state index contributed by atoms with van der Waals surface area (Å²) in [5, 5.41) is 18.1. The molecule has 9 heteroatoms. The molecule has 0 spiro atoms. The van der Waals surface area contributed by atoms with Crippen LogP contribution in [0.2, 0.25) is 0 Å². The predicted molar refractivity (Wildman–Crippen MR) is 172 cm³/mol. The highest BCUT2D eigenvalue weighted by molar-refractivity contribution is 6.05. The van der Waals surface area contributed by atoms with Crippen molar-refractivity contribution in [3.8, 4) is 17.1 Å². The fraction of sp³-hybridized carbons (Fsp3) is 0.0556. The van der Waals surface area contributed by atoms with Crippen molar-refractivity contribution in [3.63, 3.8) is 0 Å². The molecule has 1 atom stereocenters. The first-order chi connectivity index (χ1) is 22.0. The second-order valence-corrected chi connectivity index (χ2v) is 10.6. The summed E-state index contributed by atoms with van der Waals surface area (Å²) in [5.74, 6) is 0.122. The molecule has 6 aromatic rings. The van der Waals surface area contributed by atoms with Crippen molar-refractivity contribution in [2.75, 3.05) is 0 Å². The highest BCUT2D eigenvalue weighted by Crippen LogP contribution is 2.35. The van der Waals surface area contributed by atoms with Crippen molar-refractivity contribution >= 4 is 28.2 Å². The molecular formula is C36H25N5O4. The summed E-state index contributed by atoms with van der Waals surface area (Å²) < 4.78 is 1.55. The van der Waals surface area contributed by atoms with Crippen LogP contribution < -0.4 is 5.56 Å². The Morgan fingerprint density at radius 3 is 2.16 bits per heavy atom. The first kappa shape index (κ1) is 27.6. The molecule has 0 saturated carbocycles. The number of rotatable bonds is 6. The molecular weight excluding hydrogens is 566 g/mol. The molecule has 1 aliphatic rings. The second-order valence-electron chi connectivity index (χ2n) is 10.6. The number of nitro benzene ring substituents is 1. The fourth-order valence-corrected chi connectivity index (χ4v) is 5.65. The van der Waals surface area contributed by atoms with Gasteiger partial charge >= 0.3 is 0 Å². The normalized spacial score (nSPS) is 14.4. The summed E-state index contributed by atoms with van der Waals surface area (Å²) in [5.41, 5.74) is 4.20. The zero-order valence-electron chi connectivity index (χ0n) is 23.9. The van der Waals surface area contributed by atoms with E-state index in [9.17, 15) is 19.7 Å². The number of nitrogens with zero attached hydrogens (tertiary/aromatic N) is 5. The number of amides is 1. The van der Waals surface area contributed by atoms with Crippen LogP contribution in [0.5, 0.6) is 0 Å². The second kappa shape index (κ2) is 11.5. The number of benzene rings is 5. The van der Waals surface area contributed by atoms with Crippen LogP contribution in [-0.2, 0) is 0 Å². The number of hydrogen-bond donors (Lipinski definition) is 0. The first-order valence-corrected chi connectivity index (χ1v) is 14.4. The average Bonchev–Trinajstić information content (AvgIpc) is 3.55. The number of carbonyl (C=O) groups excluding carboxylic acids is 1. The molecule has 0 bridgehead atoms. The Labute approximate surface area is 257 Å². The lowest BCUT2D eigenvalue weighted by atomic mass is 9.97. The summed E-state index contributed by atoms with van der Waals surface area (Å²) in [7, 11) is 0. The lowest BCUT2D eigenvalue weighted by molar-refractivity contribution is -0.384. The zero-order chi connectivity index (χ0) is 30.9. The van der Waals surface area contributed by atoms with E-state index in [2.05, 4.69) is 0 Å². The number of nitro groups is 1. The van der Waals surface area contributed by atoms with Crippen LogP contribution in [0.3, 0.4) is 0 Å². The number of non-ortho nitro benzene ring substituents is 1. The molecule has 7 rings (SSSR count). The molecule has 0 aliphatic carbocycles. The molecule has 1 unspecified atom stereocenters. The summed E-state index contributed by atoms with van der Waals surface area (Å²) in [6.07, 6.45) is 0.396. The van der Waals surface area contributed by atoms with Crippen LogP contribution in [0.15, 0.2) is 143 Å². The number of hydrogen-bond acceptors (Lipinski definition) is 6. The maximum atomic E-state index is 14.0. The summed E-state index contributed by atoms with van der Waals surface area (Å²) in [4.78, 5) is 43.7. The van der Waals surface area contributed by atoms with Gasteiger partial charge in [0.15, 0.2) is 0 Å². The largest absolute Gasteiger partial charge is 0.274 e. The Kier molecular flexibility index (Phi) is 7.03. The zero-order valence-corrected chi connectivity index (χ0v) is 23.9. The van der Waals surface area contributed by atoms with Gasteiger partial charge in [-0.15, -0.1) is 0 Å². The van der Waals surface area contributed by atoms with Crippen LogP contribution in [0, 0.1) is 10.1 Å². The van der Waals surface area contributed by atoms with Crippen LogP contribution >= 0.6 is 0 Å². The van der Waals surface area contributed by atoms with Gasteiger partial charge in [-0.05, 0) is 47.5 Å². The topological polar surface area (TPSA) is 111 Å². The van der Waals surface area contributed by atoms with E-state index in [-0.39, 0.29) is 17.2 Å². The third kappa shape index (κ3) is 5.16. The van der Waals surface area contributed by atoms with Gasteiger partial charge in [-0.1, -0.05) is 84.9 Å². The minimum absolute atomic E-state index is 0.0546. The number of fused-ring (bicyclic) bond motifs is 1. The highest BCUT2D eigenvalue weighted by Gasteiger charge is 2.34. The molecule has 1 aliphatic heterocycles. The Balaban J connectivity index is 1.29. The number of hydrazone groups is 1. The smallest absolute Gasteiger partial charge is 0.268 e. The fourth-order valence-electron chi connectivity index (χ4n) is 5.65. The molecule has 0 radical (unpaired) electrons. The van der Waals surface area contributed by atoms with E-state index >= 15 is 0 Å². The van der Waals surface area contributed by atoms with Gasteiger partial charge in [0.25, 0.3) is 17.2 Å². The number of aromatic nitrogens is 2. The van der Waals surface area contributed by atoms with E-state index < -0.39 is 11.0 Å². The molecule has 9 nitrogen and oxygen atoms in total. The average molecular weight is 592 g/mol. The Morgan fingerprint density at radius 1 is 0.778 bits per heavy atom. The van der Waals surface area contributed by atoms with Gasteiger partial charge in [-0.2, -0.15) is 5.10 Å². The molecule has 45 heavy (non-hydrogen) atoms.